The average molecular weight is 556 g/mol. The van der Waals surface area contributed by atoms with E-state index in [1.807, 2.05) is 30.3 Å². The zero-order valence-electron chi connectivity index (χ0n) is 21.9. The van der Waals surface area contributed by atoms with E-state index in [2.05, 4.69) is 10.6 Å². The van der Waals surface area contributed by atoms with Gasteiger partial charge in [-0.25, -0.2) is 0 Å². The van der Waals surface area contributed by atoms with Gasteiger partial charge in [-0.15, -0.1) is 11.3 Å². The standard InChI is InChI=1S/C31H29N3O5S/c1-19(29(36)33-21-13-17-24(18-14-21)39-22-7-3-2-4-8-22)38-23-15-11-20(12-16-23)30(37)34-31-27(28(32)35)25-9-5-6-10-26(25)40-31/h2-4,7-8,11-19H,5-6,9-10H2,1H3,(H2,32,35)(H,33,36)(H,34,37). The van der Waals surface area contributed by atoms with Crippen molar-refractivity contribution in [3.63, 3.8) is 0 Å². The van der Waals surface area contributed by atoms with Gasteiger partial charge in [-0.2, -0.15) is 0 Å². The number of hydrogen-bond acceptors (Lipinski definition) is 6. The first-order chi connectivity index (χ1) is 19.4. The van der Waals surface area contributed by atoms with E-state index in [1.54, 1.807) is 55.5 Å². The average Bonchev–Trinajstić information content (AvgIpc) is 3.33. The Morgan fingerprint density at radius 1 is 0.825 bits per heavy atom. The van der Waals surface area contributed by atoms with Gasteiger partial charge < -0.3 is 25.8 Å². The van der Waals surface area contributed by atoms with Crippen molar-refractivity contribution in [2.75, 3.05) is 10.6 Å². The van der Waals surface area contributed by atoms with E-state index in [1.165, 1.54) is 11.3 Å². The lowest BCUT2D eigenvalue weighted by Crippen LogP contribution is -2.30. The van der Waals surface area contributed by atoms with Crippen molar-refractivity contribution in [3.05, 3.63) is 100 Å². The lowest BCUT2D eigenvalue weighted by molar-refractivity contribution is -0.122. The maximum Gasteiger partial charge on any atom is 0.265 e. The number of benzene rings is 3. The van der Waals surface area contributed by atoms with Crippen LogP contribution in [0, 0.1) is 0 Å². The third kappa shape index (κ3) is 6.32. The summed E-state index contributed by atoms with van der Waals surface area (Å²) in [5.41, 5.74) is 8.02. The number of rotatable bonds is 9. The largest absolute Gasteiger partial charge is 0.481 e. The molecule has 0 saturated carbocycles. The molecule has 1 aliphatic carbocycles. The maximum absolute atomic E-state index is 12.9. The maximum atomic E-state index is 12.9. The molecule has 4 N–H and O–H groups in total. The lowest BCUT2D eigenvalue weighted by atomic mass is 9.95. The highest BCUT2D eigenvalue weighted by atomic mass is 32.1. The number of ether oxygens (including phenoxy) is 2. The van der Waals surface area contributed by atoms with Crippen LogP contribution in [0.5, 0.6) is 17.2 Å². The van der Waals surface area contributed by atoms with Crippen molar-refractivity contribution in [3.8, 4) is 17.2 Å². The second-order valence-electron chi connectivity index (χ2n) is 9.45. The molecule has 4 aromatic rings. The van der Waals surface area contributed by atoms with Crippen molar-refractivity contribution in [2.24, 2.45) is 5.73 Å². The Hall–Kier alpha value is -4.63. The first-order valence-corrected chi connectivity index (χ1v) is 13.9. The molecule has 0 spiro atoms. The number of primary amides is 1. The first-order valence-electron chi connectivity index (χ1n) is 13.0. The fourth-order valence-electron chi connectivity index (χ4n) is 4.51. The predicted octanol–water partition coefficient (Wildman–Crippen LogP) is 6.18. The Kier molecular flexibility index (Phi) is 8.12. The monoisotopic (exact) mass is 555 g/mol. The number of nitrogens with one attached hydrogen (secondary N) is 2. The summed E-state index contributed by atoms with van der Waals surface area (Å²) in [4.78, 5) is 38.8. The van der Waals surface area contributed by atoms with Gasteiger partial charge in [0.2, 0.25) is 0 Å². The number of carbonyl (C=O) groups is 3. The first kappa shape index (κ1) is 27.0. The Balaban J connectivity index is 1.16. The number of fused-ring (bicyclic) bond motifs is 1. The smallest absolute Gasteiger partial charge is 0.265 e. The van der Waals surface area contributed by atoms with Crippen molar-refractivity contribution in [1.82, 2.24) is 0 Å². The van der Waals surface area contributed by atoms with Crippen LogP contribution in [0.4, 0.5) is 10.7 Å². The molecule has 40 heavy (non-hydrogen) atoms. The number of nitrogens with two attached hydrogens (primary N) is 1. The SMILES string of the molecule is CC(Oc1ccc(C(=O)Nc2sc3c(c2C(N)=O)CCCC3)cc1)C(=O)Nc1ccc(Oc2ccccc2)cc1. The molecule has 5 rings (SSSR count). The van der Waals surface area contributed by atoms with Crippen LogP contribution in [-0.4, -0.2) is 23.8 Å². The normalized spacial score (nSPS) is 13.0. The molecular formula is C31H29N3O5S. The zero-order valence-corrected chi connectivity index (χ0v) is 22.8. The van der Waals surface area contributed by atoms with Crippen LogP contribution in [-0.2, 0) is 17.6 Å². The summed E-state index contributed by atoms with van der Waals surface area (Å²) in [6.07, 6.45) is 2.97. The summed E-state index contributed by atoms with van der Waals surface area (Å²) in [5.74, 6) is 0.627. The molecule has 204 valence electrons. The third-order valence-electron chi connectivity index (χ3n) is 6.54. The Bertz CT molecular complexity index is 1520. The molecule has 1 heterocycles. The van der Waals surface area contributed by atoms with Crippen LogP contribution in [0.1, 0.15) is 50.9 Å². The summed E-state index contributed by atoms with van der Waals surface area (Å²) in [5, 5.41) is 6.17. The second kappa shape index (κ2) is 12.0. The highest BCUT2D eigenvalue weighted by molar-refractivity contribution is 7.17. The van der Waals surface area contributed by atoms with Gasteiger partial charge in [-0.3, -0.25) is 14.4 Å². The number of carbonyl (C=O) groups excluding carboxylic acids is 3. The van der Waals surface area contributed by atoms with E-state index in [9.17, 15) is 14.4 Å². The van der Waals surface area contributed by atoms with Gasteiger partial charge >= 0.3 is 0 Å². The molecule has 0 aliphatic heterocycles. The van der Waals surface area contributed by atoms with Crippen LogP contribution in [0.15, 0.2) is 78.9 Å². The summed E-state index contributed by atoms with van der Waals surface area (Å²) in [7, 11) is 0. The molecule has 9 heteroatoms. The number of amides is 3. The molecule has 1 aromatic heterocycles. The van der Waals surface area contributed by atoms with Gasteiger partial charge in [0, 0.05) is 16.1 Å². The minimum Gasteiger partial charge on any atom is -0.481 e. The molecule has 1 unspecified atom stereocenters. The van der Waals surface area contributed by atoms with Gasteiger partial charge in [-0.1, -0.05) is 18.2 Å². The molecule has 0 saturated heterocycles. The van der Waals surface area contributed by atoms with Gasteiger partial charge in [0.05, 0.1) is 5.56 Å². The summed E-state index contributed by atoms with van der Waals surface area (Å²) >= 11 is 1.42. The van der Waals surface area contributed by atoms with E-state index >= 15 is 0 Å². The number of anilines is 2. The molecule has 1 atom stereocenters. The van der Waals surface area contributed by atoms with Crippen molar-refractivity contribution < 1.29 is 23.9 Å². The van der Waals surface area contributed by atoms with Gasteiger partial charge in [0.15, 0.2) is 6.10 Å². The highest BCUT2D eigenvalue weighted by Crippen LogP contribution is 2.38. The van der Waals surface area contributed by atoms with Crippen LogP contribution in [0.25, 0.3) is 0 Å². The molecular weight excluding hydrogens is 526 g/mol. The number of aryl methyl sites for hydroxylation is 1. The molecule has 3 aromatic carbocycles. The molecule has 8 nitrogen and oxygen atoms in total. The van der Waals surface area contributed by atoms with Crippen molar-refractivity contribution in [2.45, 2.75) is 38.7 Å². The Labute approximate surface area is 236 Å². The number of thiophene rings is 1. The summed E-state index contributed by atoms with van der Waals surface area (Å²) in [6, 6.07) is 23.0. The van der Waals surface area contributed by atoms with Gasteiger partial charge in [0.25, 0.3) is 17.7 Å². The van der Waals surface area contributed by atoms with E-state index < -0.39 is 12.0 Å². The lowest BCUT2D eigenvalue weighted by Gasteiger charge is -2.15. The van der Waals surface area contributed by atoms with E-state index in [4.69, 9.17) is 15.2 Å². The van der Waals surface area contributed by atoms with Crippen LogP contribution < -0.4 is 25.8 Å². The predicted molar refractivity (Wildman–Crippen MR) is 156 cm³/mol. The minimum absolute atomic E-state index is 0.320. The summed E-state index contributed by atoms with van der Waals surface area (Å²) in [6.45, 7) is 1.65. The van der Waals surface area contributed by atoms with Crippen LogP contribution in [0.3, 0.4) is 0 Å². The van der Waals surface area contributed by atoms with Crippen LogP contribution >= 0.6 is 11.3 Å². The molecule has 0 radical (unpaired) electrons. The fourth-order valence-corrected chi connectivity index (χ4v) is 5.80. The van der Waals surface area contributed by atoms with Crippen LogP contribution in [0.2, 0.25) is 0 Å². The van der Waals surface area contributed by atoms with E-state index in [0.29, 0.717) is 33.3 Å². The quantitative estimate of drug-likeness (QED) is 0.228. The van der Waals surface area contributed by atoms with Gasteiger partial charge in [-0.05, 0) is 98.8 Å². The Morgan fingerprint density at radius 2 is 1.48 bits per heavy atom. The van der Waals surface area contributed by atoms with E-state index in [-0.39, 0.29) is 11.8 Å². The molecule has 3 amide bonds. The minimum atomic E-state index is -0.782. The third-order valence-corrected chi connectivity index (χ3v) is 7.75. The fraction of sp³-hybridized carbons (Fsp3) is 0.194. The topological polar surface area (TPSA) is 120 Å². The molecule has 0 bridgehead atoms. The molecule has 1 aliphatic rings. The number of hydrogen-bond donors (Lipinski definition) is 3. The van der Waals surface area contributed by atoms with Gasteiger partial charge in [0.1, 0.15) is 22.2 Å². The zero-order chi connectivity index (χ0) is 28.1. The Morgan fingerprint density at radius 3 is 2.17 bits per heavy atom. The second-order valence-corrected chi connectivity index (χ2v) is 10.6. The summed E-state index contributed by atoms with van der Waals surface area (Å²) < 4.78 is 11.6. The van der Waals surface area contributed by atoms with Crippen molar-refractivity contribution in [1.29, 1.82) is 0 Å². The highest BCUT2D eigenvalue weighted by Gasteiger charge is 2.25. The molecule has 0 fully saturated rings. The van der Waals surface area contributed by atoms with Crippen molar-refractivity contribution >= 4 is 39.7 Å². The van der Waals surface area contributed by atoms with E-state index in [0.717, 1.165) is 41.9 Å². The number of para-hydroxylation sites is 1.